The van der Waals surface area contributed by atoms with Crippen LogP contribution in [0.4, 0.5) is 0 Å². The fourth-order valence-corrected chi connectivity index (χ4v) is 3.45. The number of aromatic nitrogens is 1. The molecular formula is C11H11BrN2OS2. The predicted molar refractivity (Wildman–Crippen MR) is 75.5 cm³/mol. The van der Waals surface area contributed by atoms with Crippen molar-refractivity contribution < 1.29 is 4.79 Å². The Labute approximate surface area is 116 Å². The maximum atomic E-state index is 11.5. The molecule has 2 aromatic heterocycles. The Balaban J connectivity index is 2.14. The summed E-state index contributed by atoms with van der Waals surface area (Å²) in [5.74, 6) is 0.0817. The Bertz CT molecular complexity index is 533. The second-order valence-electron chi connectivity index (χ2n) is 3.70. The number of thiazole rings is 1. The van der Waals surface area contributed by atoms with E-state index in [9.17, 15) is 4.79 Å². The molecule has 0 radical (unpaired) electrons. The summed E-state index contributed by atoms with van der Waals surface area (Å²) in [6, 6.07) is 4.03. The molecule has 1 amide bonds. The molecule has 0 N–H and O–H groups in total. The highest BCUT2D eigenvalue weighted by molar-refractivity contribution is 9.11. The van der Waals surface area contributed by atoms with E-state index in [2.05, 4.69) is 20.9 Å². The number of rotatable bonds is 3. The first kappa shape index (κ1) is 12.7. The van der Waals surface area contributed by atoms with Crippen molar-refractivity contribution in [1.29, 1.82) is 0 Å². The third-order valence-electron chi connectivity index (χ3n) is 2.18. The zero-order chi connectivity index (χ0) is 12.4. The lowest BCUT2D eigenvalue weighted by molar-refractivity contribution is -0.127. The van der Waals surface area contributed by atoms with E-state index in [4.69, 9.17) is 0 Å². The number of likely N-dealkylation sites (N-methyl/N-ethyl adjacent to an activating group) is 1. The molecule has 0 saturated heterocycles. The minimum absolute atomic E-state index is 0.0817. The number of carbonyl (C=O) groups excluding carboxylic acids is 1. The monoisotopic (exact) mass is 330 g/mol. The van der Waals surface area contributed by atoms with Crippen LogP contribution in [-0.4, -0.2) is 29.9 Å². The van der Waals surface area contributed by atoms with Crippen molar-refractivity contribution in [2.24, 2.45) is 0 Å². The zero-order valence-corrected chi connectivity index (χ0v) is 12.7. The highest BCUT2D eigenvalue weighted by Crippen LogP contribution is 2.31. The molecule has 90 valence electrons. The maximum Gasteiger partial charge on any atom is 0.228 e. The van der Waals surface area contributed by atoms with E-state index in [1.165, 1.54) is 11.3 Å². The molecule has 0 aliphatic carbocycles. The van der Waals surface area contributed by atoms with Gasteiger partial charge in [-0.2, -0.15) is 0 Å². The number of carbonyl (C=O) groups is 1. The number of thiophene rings is 1. The second kappa shape index (κ2) is 5.29. The molecule has 17 heavy (non-hydrogen) atoms. The van der Waals surface area contributed by atoms with Crippen LogP contribution in [0, 0.1) is 0 Å². The summed E-state index contributed by atoms with van der Waals surface area (Å²) in [5.41, 5.74) is 0.951. The van der Waals surface area contributed by atoms with E-state index in [1.807, 2.05) is 17.5 Å². The van der Waals surface area contributed by atoms with Crippen LogP contribution >= 0.6 is 38.6 Å². The van der Waals surface area contributed by atoms with E-state index in [-0.39, 0.29) is 5.91 Å². The Morgan fingerprint density at radius 3 is 2.82 bits per heavy atom. The largest absolute Gasteiger partial charge is 0.348 e. The van der Waals surface area contributed by atoms with E-state index < -0.39 is 0 Å². The van der Waals surface area contributed by atoms with Crippen LogP contribution in [-0.2, 0) is 11.2 Å². The van der Waals surface area contributed by atoms with Gasteiger partial charge in [-0.15, -0.1) is 22.7 Å². The van der Waals surface area contributed by atoms with Gasteiger partial charge < -0.3 is 4.90 Å². The van der Waals surface area contributed by atoms with Crippen LogP contribution in [0.1, 0.15) is 5.01 Å². The first-order valence-corrected chi connectivity index (χ1v) is 7.45. The van der Waals surface area contributed by atoms with E-state index in [0.29, 0.717) is 6.42 Å². The molecule has 2 heterocycles. The van der Waals surface area contributed by atoms with Gasteiger partial charge in [0.2, 0.25) is 5.91 Å². The van der Waals surface area contributed by atoms with Gasteiger partial charge in [-0.05, 0) is 28.1 Å². The van der Waals surface area contributed by atoms with Crippen LogP contribution in [0.5, 0.6) is 0 Å². The van der Waals surface area contributed by atoms with Crippen molar-refractivity contribution >= 4 is 44.5 Å². The number of halogens is 1. The van der Waals surface area contributed by atoms with Gasteiger partial charge in [0, 0.05) is 19.5 Å². The maximum absolute atomic E-state index is 11.5. The molecular weight excluding hydrogens is 320 g/mol. The molecule has 0 fully saturated rings. The fourth-order valence-electron chi connectivity index (χ4n) is 1.24. The molecule has 0 spiro atoms. The van der Waals surface area contributed by atoms with Gasteiger partial charge in [-0.3, -0.25) is 4.79 Å². The average Bonchev–Trinajstić information content (AvgIpc) is 2.86. The summed E-state index contributed by atoms with van der Waals surface area (Å²) < 4.78 is 1.09. The van der Waals surface area contributed by atoms with Crippen molar-refractivity contribution in [1.82, 2.24) is 9.88 Å². The van der Waals surface area contributed by atoms with E-state index >= 15 is 0 Å². The van der Waals surface area contributed by atoms with Crippen LogP contribution in [0.15, 0.2) is 21.3 Å². The fraction of sp³-hybridized carbons (Fsp3) is 0.273. The van der Waals surface area contributed by atoms with E-state index in [0.717, 1.165) is 19.4 Å². The Kier molecular flexibility index (Phi) is 3.96. The molecule has 0 aromatic carbocycles. The standard InChI is InChI=1S/C11H11BrN2OS2/c1-14(2)11(15)5-10-13-7(6-16-10)8-3-4-9(12)17-8/h3-4,6H,5H2,1-2H3. The van der Waals surface area contributed by atoms with Crippen molar-refractivity contribution in [3.8, 4) is 10.6 Å². The highest BCUT2D eigenvalue weighted by atomic mass is 79.9. The number of hydrogen-bond donors (Lipinski definition) is 0. The molecule has 2 aromatic rings. The first-order chi connectivity index (χ1) is 8.06. The first-order valence-electron chi connectivity index (χ1n) is 4.96. The summed E-state index contributed by atoms with van der Waals surface area (Å²) in [6.07, 6.45) is 0.379. The van der Waals surface area contributed by atoms with E-state index in [1.54, 1.807) is 30.3 Å². The third-order valence-corrected chi connectivity index (χ3v) is 4.67. The van der Waals surface area contributed by atoms with Gasteiger partial charge in [0.05, 0.1) is 20.8 Å². The highest BCUT2D eigenvalue weighted by Gasteiger charge is 2.11. The lowest BCUT2D eigenvalue weighted by Crippen LogP contribution is -2.23. The summed E-state index contributed by atoms with van der Waals surface area (Å²) in [6.45, 7) is 0. The van der Waals surface area contributed by atoms with Crippen LogP contribution in [0.3, 0.4) is 0 Å². The summed E-state index contributed by atoms with van der Waals surface area (Å²) in [7, 11) is 3.51. The molecule has 0 aliphatic rings. The number of amides is 1. The van der Waals surface area contributed by atoms with Crippen molar-refractivity contribution in [3.63, 3.8) is 0 Å². The minimum Gasteiger partial charge on any atom is -0.348 e. The van der Waals surface area contributed by atoms with Gasteiger partial charge in [0.25, 0.3) is 0 Å². The number of hydrogen-bond acceptors (Lipinski definition) is 4. The Hall–Kier alpha value is -0.720. The summed E-state index contributed by atoms with van der Waals surface area (Å²) >= 11 is 6.61. The van der Waals surface area contributed by atoms with Crippen molar-refractivity contribution in [3.05, 3.63) is 26.3 Å². The Morgan fingerprint density at radius 2 is 2.24 bits per heavy atom. The average molecular weight is 331 g/mol. The summed E-state index contributed by atoms with van der Waals surface area (Å²) in [4.78, 5) is 18.7. The van der Waals surface area contributed by atoms with Crippen LogP contribution < -0.4 is 0 Å². The third kappa shape index (κ3) is 3.14. The van der Waals surface area contributed by atoms with Gasteiger partial charge in [0.1, 0.15) is 5.01 Å². The van der Waals surface area contributed by atoms with Crippen molar-refractivity contribution in [2.45, 2.75) is 6.42 Å². The van der Waals surface area contributed by atoms with Gasteiger partial charge in [-0.25, -0.2) is 4.98 Å². The Morgan fingerprint density at radius 1 is 1.47 bits per heavy atom. The zero-order valence-electron chi connectivity index (χ0n) is 9.44. The normalized spacial score (nSPS) is 10.5. The molecule has 2 rings (SSSR count). The van der Waals surface area contributed by atoms with Gasteiger partial charge >= 0.3 is 0 Å². The molecule has 0 bridgehead atoms. The lowest BCUT2D eigenvalue weighted by atomic mass is 10.3. The molecule has 0 saturated carbocycles. The molecule has 0 atom stereocenters. The minimum atomic E-state index is 0.0817. The molecule has 3 nitrogen and oxygen atoms in total. The van der Waals surface area contributed by atoms with Gasteiger partial charge in [0.15, 0.2) is 0 Å². The quantitative estimate of drug-likeness (QED) is 0.865. The SMILES string of the molecule is CN(C)C(=O)Cc1nc(-c2ccc(Br)s2)cs1. The van der Waals surface area contributed by atoms with Crippen LogP contribution in [0.2, 0.25) is 0 Å². The topological polar surface area (TPSA) is 33.2 Å². The van der Waals surface area contributed by atoms with Crippen LogP contribution in [0.25, 0.3) is 10.6 Å². The van der Waals surface area contributed by atoms with Gasteiger partial charge in [-0.1, -0.05) is 0 Å². The predicted octanol–water partition coefficient (Wildman–Crippen LogP) is 3.26. The smallest absolute Gasteiger partial charge is 0.228 e. The lowest BCUT2D eigenvalue weighted by Gasteiger charge is -2.07. The molecule has 0 unspecified atom stereocenters. The second-order valence-corrected chi connectivity index (χ2v) is 7.10. The number of nitrogens with zero attached hydrogens (tertiary/aromatic N) is 2. The van der Waals surface area contributed by atoms with Crippen molar-refractivity contribution in [2.75, 3.05) is 14.1 Å². The summed E-state index contributed by atoms with van der Waals surface area (Å²) in [5, 5.41) is 2.86. The molecule has 6 heteroatoms. The molecule has 0 aliphatic heterocycles.